The first-order chi connectivity index (χ1) is 8.52. The third kappa shape index (κ3) is 2.51. The van der Waals surface area contributed by atoms with Gasteiger partial charge in [-0.1, -0.05) is 20.3 Å². The fraction of sp³-hybridized carbons (Fsp3) is 0.692. The zero-order chi connectivity index (χ0) is 13.3. The van der Waals surface area contributed by atoms with Gasteiger partial charge in [-0.15, -0.1) is 11.3 Å². The first-order valence-electron chi connectivity index (χ1n) is 6.50. The first kappa shape index (κ1) is 13.3. The van der Waals surface area contributed by atoms with Gasteiger partial charge in [-0.05, 0) is 31.6 Å². The number of hydrogen-bond donors (Lipinski definition) is 2. The Morgan fingerprint density at radius 3 is 2.78 bits per heavy atom. The SMILES string of the molecule is CCC1CCC(Nc2nc(C(=O)O)c(C)s2)C1C. The minimum absolute atomic E-state index is 0.181. The monoisotopic (exact) mass is 268 g/mol. The van der Waals surface area contributed by atoms with E-state index in [1.807, 2.05) is 0 Å². The van der Waals surface area contributed by atoms with E-state index < -0.39 is 5.97 Å². The lowest BCUT2D eigenvalue weighted by Crippen LogP contribution is -2.24. The van der Waals surface area contributed by atoms with Crippen LogP contribution in [0.3, 0.4) is 0 Å². The zero-order valence-electron chi connectivity index (χ0n) is 11.1. The van der Waals surface area contributed by atoms with Crippen LogP contribution in [0.15, 0.2) is 0 Å². The third-order valence-corrected chi connectivity index (χ3v) is 4.96. The predicted molar refractivity (Wildman–Crippen MR) is 73.4 cm³/mol. The highest BCUT2D eigenvalue weighted by Gasteiger charge is 2.32. The Morgan fingerprint density at radius 2 is 2.28 bits per heavy atom. The van der Waals surface area contributed by atoms with E-state index >= 15 is 0 Å². The minimum atomic E-state index is -0.942. The lowest BCUT2D eigenvalue weighted by molar-refractivity contribution is 0.0690. The van der Waals surface area contributed by atoms with Crippen LogP contribution in [-0.2, 0) is 0 Å². The van der Waals surface area contributed by atoms with Crippen LogP contribution < -0.4 is 5.32 Å². The average Bonchev–Trinajstić information content (AvgIpc) is 2.84. The Bertz CT molecular complexity index is 444. The molecule has 1 aliphatic rings. The van der Waals surface area contributed by atoms with Crippen molar-refractivity contribution in [1.82, 2.24) is 4.98 Å². The molecule has 18 heavy (non-hydrogen) atoms. The molecule has 3 atom stereocenters. The van der Waals surface area contributed by atoms with E-state index in [4.69, 9.17) is 5.11 Å². The van der Waals surface area contributed by atoms with Crippen LogP contribution in [0.5, 0.6) is 0 Å². The maximum Gasteiger partial charge on any atom is 0.355 e. The second-order valence-corrected chi connectivity index (χ2v) is 6.29. The van der Waals surface area contributed by atoms with E-state index in [-0.39, 0.29) is 5.69 Å². The van der Waals surface area contributed by atoms with Gasteiger partial charge in [-0.2, -0.15) is 0 Å². The van der Waals surface area contributed by atoms with Gasteiger partial charge in [0, 0.05) is 10.9 Å². The van der Waals surface area contributed by atoms with Crippen molar-refractivity contribution in [2.75, 3.05) is 5.32 Å². The second kappa shape index (κ2) is 5.26. The molecule has 1 aromatic rings. The van der Waals surface area contributed by atoms with E-state index in [1.165, 1.54) is 24.2 Å². The smallest absolute Gasteiger partial charge is 0.355 e. The molecule has 100 valence electrons. The normalized spacial score (nSPS) is 27.4. The van der Waals surface area contributed by atoms with E-state index in [9.17, 15) is 4.79 Å². The van der Waals surface area contributed by atoms with Gasteiger partial charge < -0.3 is 10.4 Å². The maximum atomic E-state index is 11.0. The molecular formula is C13H20N2O2S. The zero-order valence-corrected chi connectivity index (χ0v) is 11.9. The summed E-state index contributed by atoms with van der Waals surface area (Å²) in [6, 6.07) is 0.433. The van der Waals surface area contributed by atoms with Gasteiger partial charge in [-0.3, -0.25) is 0 Å². The van der Waals surface area contributed by atoms with Crippen LogP contribution in [-0.4, -0.2) is 22.1 Å². The quantitative estimate of drug-likeness (QED) is 0.878. The molecule has 0 spiro atoms. The molecule has 1 aliphatic carbocycles. The molecule has 0 saturated heterocycles. The standard InChI is InChI=1S/C13H20N2O2S/c1-4-9-5-6-10(7(9)2)14-13-15-11(12(16)17)8(3)18-13/h7,9-10H,4-6H2,1-3H3,(H,14,15)(H,16,17). The first-order valence-corrected chi connectivity index (χ1v) is 7.31. The minimum Gasteiger partial charge on any atom is -0.476 e. The third-order valence-electron chi connectivity index (χ3n) is 4.06. The van der Waals surface area contributed by atoms with Crippen molar-refractivity contribution in [3.63, 3.8) is 0 Å². The number of hydrogen-bond acceptors (Lipinski definition) is 4. The Balaban J connectivity index is 2.06. The predicted octanol–water partition coefficient (Wildman–Crippen LogP) is 3.39. The number of thiazole rings is 1. The highest BCUT2D eigenvalue weighted by atomic mass is 32.1. The number of carbonyl (C=O) groups is 1. The molecule has 2 N–H and O–H groups in total. The lowest BCUT2D eigenvalue weighted by atomic mass is 9.94. The molecule has 1 fully saturated rings. The molecule has 2 rings (SSSR count). The summed E-state index contributed by atoms with van der Waals surface area (Å²) in [7, 11) is 0. The fourth-order valence-electron chi connectivity index (χ4n) is 2.84. The summed E-state index contributed by atoms with van der Waals surface area (Å²) in [6.07, 6.45) is 3.63. The number of aryl methyl sites for hydroxylation is 1. The Kier molecular flexibility index (Phi) is 3.90. The molecule has 0 aliphatic heterocycles. The number of rotatable bonds is 4. The van der Waals surface area contributed by atoms with Crippen LogP contribution in [0, 0.1) is 18.8 Å². The van der Waals surface area contributed by atoms with Gasteiger partial charge in [0.15, 0.2) is 10.8 Å². The Hall–Kier alpha value is -1.10. The lowest BCUT2D eigenvalue weighted by Gasteiger charge is -2.20. The van der Waals surface area contributed by atoms with Gasteiger partial charge in [0.2, 0.25) is 0 Å². The Labute approximate surface area is 111 Å². The van der Waals surface area contributed by atoms with E-state index in [1.54, 1.807) is 6.92 Å². The van der Waals surface area contributed by atoms with Crippen molar-refractivity contribution in [3.8, 4) is 0 Å². The van der Waals surface area contributed by atoms with Crippen molar-refractivity contribution in [3.05, 3.63) is 10.6 Å². The van der Waals surface area contributed by atoms with Gasteiger partial charge in [0.05, 0.1) is 0 Å². The van der Waals surface area contributed by atoms with Gasteiger partial charge in [0.1, 0.15) is 0 Å². The van der Waals surface area contributed by atoms with Crippen LogP contribution in [0.25, 0.3) is 0 Å². The molecule has 0 radical (unpaired) electrons. The fourth-order valence-corrected chi connectivity index (χ4v) is 3.71. The molecule has 4 nitrogen and oxygen atoms in total. The molecule has 0 amide bonds. The number of carboxylic acids is 1. The number of aromatic carboxylic acids is 1. The maximum absolute atomic E-state index is 11.0. The van der Waals surface area contributed by atoms with Crippen molar-refractivity contribution in [2.24, 2.45) is 11.8 Å². The van der Waals surface area contributed by atoms with Crippen LogP contribution in [0.4, 0.5) is 5.13 Å². The highest BCUT2D eigenvalue weighted by Crippen LogP contribution is 2.36. The molecule has 1 heterocycles. The van der Waals surface area contributed by atoms with Crippen LogP contribution >= 0.6 is 11.3 Å². The van der Waals surface area contributed by atoms with Gasteiger partial charge >= 0.3 is 5.97 Å². The van der Waals surface area contributed by atoms with Gasteiger partial charge in [-0.25, -0.2) is 9.78 Å². The second-order valence-electron chi connectivity index (χ2n) is 5.08. The largest absolute Gasteiger partial charge is 0.476 e. The van der Waals surface area contributed by atoms with Crippen molar-refractivity contribution in [2.45, 2.75) is 46.1 Å². The van der Waals surface area contributed by atoms with Crippen molar-refractivity contribution in [1.29, 1.82) is 0 Å². The van der Waals surface area contributed by atoms with E-state index in [0.29, 0.717) is 12.0 Å². The summed E-state index contributed by atoms with van der Waals surface area (Å²) in [5.41, 5.74) is 0.181. The summed E-state index contributed by atoms with van der Waals surface area (Å²) in [4.78, 5) is 15.9. The van der Waals surface area contributed by atoms with E-state index in [2.05, 4.69) is 24.1 Å². The van der Waals surface area contributed by atoms with Gasteiger partial charge in [0.25, 0.3) is 0 Å². The number of aromatic nitrogens is 1. The molecule has 1 saturated carbocycles. The molecule has 3 unspecified atom stereocenters. The summed E-state index contributed by atoms with van der Waals surface area (Å²) < 4.78 is 0. The van der Waals surface area contributed by atoms with E-state index in [0.717, 1.165) is 22.3 Å². The van der Waals surface area contributed by atoms with Crippen LogP contribution in [0.1, 0.15) is 48.5 Å². The Morgan fingerprint density at radius 1 is 1.56 bits per heavy atom. The number of anilines is 1. The van der Waals surface area contributed by atoms with Crippen LogP contribution in [0.2, 0.25) is 0 Å². The summed E-state index contributed by atoms with van der Waals surface area (Å²) in [6.45, 7) is 6.32. The molecular weight excluding hydrogens is 248 g/mol. The highest BCUT2D eigenvalue weighted by molar-refractivity contribution is 7.15. The van der Waals surface area contributed by atoms with Crippen molar-refractivity contribution >= 4 is 22.4 Å². The molecule has 5 heteroatoms. The van der Waals surface area contributed by atoms with Crippen molar-refractivity contribution < 1.29 is 9.90 Å². The number of nitrogens with zero attached hydrogens (tertiary/aromatic N) is 1. The average molecular weight is 268 g/mol. The summed E-state index contributed by atoms with van der Waals surface area (Å²) >= 11 is 1.44. The molecule has 0 bridgehead atoms. The number of carboxylic acid groups (broad SMARTS) is 1. The number of nitrogens with one attached hydrogen (secondary N) is 1. The topological polar surface area (TPSA) is 62.2 Å². The summed E-state index contributed by atoms with van der Waals surface area (Å²) in [5, 5.41) is 13.2. The summed E-state index contributed by atoms with van der Waals surface area (Å²) in [5.74, 6) is 0.470. The molecule has 1 aromatic heterocycles. The molecule has 0 aromatic carbocycles.